The van der Waals surface area contributed by atoms with Crippen LogP contribution in [0.25, 0.3) is 0 Å². The second-order valence-corrected chi connectivity index (χ2v) is 4.77. The van der Waals surface area contributed by atoms with Gasteiger partial charge in [-0.25, -0.2) is 0 Å². The number of hydrogen-bond acceptors (Lipinski definition) is 3. The molecule has 0 radical (unpaired) electrons. The first-order valence-electron chi connectivity index (χ1n) is 5.26. The average Bonchev–Trinajstić information content (AvgIpc) is 2.27. The molecule has 3 N–H and O–H groups in total. The molecule has 0 spiro atoms. The van der Waals surface area contributed by atoms with Crippen molar-refractivity contribution in [3.63, 3.8) is 0 Å². The molecule has 1 aromatic carbocycles. The fraction of sp³-hybridized carbons (Fsp3) is 0.417. The second kappa shape index (κ2) is 6.43. The van der Waals surface area contributed by atoms with Crippen LogP contribution in [0, 0.1) is 5.92 Å². The summed E-state index contributed by atoms with van der Waals surface area (Å²) in [5.41, 5.74) is 6.80. The predicted octanol–water partition coefficient (Wildman–Crippen LogP) is 2.00. The number of carbonyl (C=O) groups is 1. The molecule has 0 aliphatic rings. The monoisotopic (exact) mass is 238 g/mol. The van der Waals surface area contributed by atoms with Crippen molar-refractivity contribution < 1.29 is 4.79 Å². The molecule has 0 saturated heterocycles. The maximum absolute atomic E-state index is 11.8. The van der Waals surface area contributed by atoms with Gasteiger partial charge >= 0.3 is 0 Å². The maximum atomic E-state index is 11.8. The fourth-order valence-electron chi connectivity index (χ4n) is 1.41. The smallest absolute Gasteiger partial charge is 0.253 e. The number of thioether (sulfide) groups is 1. The van der Waals surface area contributed by atoms with Gasteiger partial charge in [0, 0.05) is 12.2 Å². The first-order chi connectivity index (χ1) is 7.65. The van der Waals surface area contributed by atoms with E-state index >= 15 is 0 Å². The van der Waals surface area contributed by atoms with Crippen LogP contribution in [0.4, 0.5) is 5.69 Å². The lowest BCUT2D eigenvalue weighted by molar-refractivity contribution is 0.0950. The molecule has 1 aromatic rings. The lowest BCUT2D eigenvalue weighted by Gasteiger charge is -2.11. The van der Waals surface area contributed by atoms with Crippen molar-refractivity contribution in [2.45, 2.75) is 6.92 Å². The quantitative estimate of drug-likeness (QED) is 0.771. The van der Waals surface area contributed by atoms with E-state index in [2.05, 4.69) is 18.5 Å². The van der Waals surface area contributed by atoms with Crippen LogP contribution in [0.5, 0.6) is 0 Å². The standard InChI is InChI=1S/C12H18N2OS/c1-9(8-16-2)7-14-12(15)10-5-3-4-6-11(10)13/h3-6,9H,7-8,13H2,1-2H3,(H,14,15). The summed E-state index contributed by atoms with van der Waals surface area (Å²) in [5, 5.41) is 2.89. The second-order valence-electron chi connectivity index (χ2n) is 3.86. The minimum Gasteiger partial charge on any atom is -0.398 e. The van der Waals surface area contributed by atoms with E-state index in [9.17, 15) is 4.79 Å². The van der Waals surface area contributed by atoms with Crippen molar-refractivity contribution in [1.29, 1.82) is 0 Å². The first kappa shape index (κ1) is 12.9. The molecule has 1 amide bonds. The van der Waals surface area contributed by atoms with Crippen molar-refractivity contribution in [3.8, 4) is 0 Å². The zero-order valence-corrected chi connectivity index (χ0v) is 10.5. The summed E-state index contributed by atoms with van der Waals surface area (Å²) in [7, 11) is 0. The van der Waals surface area contributed by atoms with Crippen LogP contribution < -0.4 is 11.1 Å². The van der Waals surface area contributed by atoms with Crippen LogP contribution in [0.15, 0.2) is 24.3 Å². The number of nitrogen functional groups attached to an aromatic ring is 1. The molecular formula is C12H18N2OS. The van der Waals surface area contributed by atoms with E-state index < -0.39 is 0 Å². The van der Waals surface area contributed by atoms with Crippen LogP contribution in [-0.2, 0) is 0 Å². The van der Waals surface area contributed by atoms with Gasteiger partial charge in [-0.1, -0.05) is 19.1 Å². The average molecular weight is 238 g/mol. The fourth-order valence-corrected chi connectivity index (χ4v) is 2.10. The molecule has 0 aliphatic carbocycles. The molecule has 4 heteroatoms. The number of anilines is 1. The van der Waals surface area contributed by atoms with Crippen LogP contribution in [0.2, 0.25) is 0 Å². The first-order valence-corrected chi connectivity index (χ1v) is 6.66. The summed E-state index contributed by atoms with van der Waals surface area (Å²) in [4.78, 5) is 11.8. The predicted molar refractivity (Wildman–Crippen MR) is 70.7 cm³/mol. The normalized spacial score (nSPS) is 12.1. The molecule has 3 nitrogen and oxygen atoms in total. The number of amides is 1. The third-order valence-corrected chi connectivity index (χ3v) is 3.17. The zero-order chi connectivity index (χ0) is 12.0. The number of benzene rings is 1. The van der Waals surface area contributed by atoms with Crippen LogP contribution in [0.1, 0.15) is 17.3 Å². The van der Waals surface area contributed by atoms with Gasteiger partial charge < -0.3 is 11.1 Å². The summed E-state index contributed by atoms with van der Waals surface area (Å²) >= 11 is 1.78. The molecule has 0 aromatic heterocycles. The zero-order valence-electron chi connectivity index (χ0n) is 9.69. The molecule has 16 heavy (non-hydrogen) atoms. The number of nitrogens with one attached hydrogen (secondary N) is 1. The molecule has 0 heterocycles. The Labute approximate surface area is 101 Å². The summed E-state index contributed by atoms with van der Waals surface area (Å²) in [6.07, 6.45) is 2.06. The van der Waals surface area contributed by atoms with Crippen molar-refractivity contribution in [2.75, 3.05) is 24.3 Å². The van der Waals surface area contributed by atoms with E-state index in [1.807, 2.05) is 12.1 Å². The molecule has 0 saturated carbocycles. The Morgan fingerprint density at radius 2 is 2.19 bits per heavy atom. The van der Waals surface area contributed by atoms with Crippen molar-refractivity contribution in [1.82, 2.24) is 5.32 Å². The highest BCUT2D eigenvalue weighted by molar-refractivity contribution is 7.98. The van der Waals surface area contributed by atoms with E-state index in [-0.39, 0.29) is 5.91 Å². The highest BCUT2D eigenvalue weighted by Gasteiger charge is 2.09. The highest BCUT2D eigenvalue weighted by atomic mass is 32.2. The van der Waals surface area contributed by atoms with E-state index in [0.717, 1.165) is 5.75 Å². The summed E-state index contributed by atoms with van der Waals surface area (Å²) in [6.45, 7) is 2.80. The Morgan fingerprint density at radius 3 is 2.81 bits per heavy atom. The molecule has 88 valence electrons. The van der Waals surface area contributed by atoms with Crippen LogP contribution in [-0.4, -0.2) is 24.5 Å². The number of carbonyl (C=O) groups excluding carboxylic acids is 1. The van der Waals surface area contributed by atoms with Gasteiger partial charge in [-0.15, -0.1) is 0 Å². The SMILES string of the molecule is CSCC(C)CNC(=O)c1ccccc1N. The highest BCUT2D eigenvalue weighted by Crippen LogP contribution is 2.10. The summed E-state index contributed by atoms with van der Waals surface area (Å²) in [5.74, 6) is 1.43. The Kier molecular flexibility index (Phi) is 5.19. The molecule has 0 bridgehead atoms. The van der Waals surface area contributed by atoms with Gasteiger partial charge in [0.1, 0.15) is 0 Å². The minimum atomic E-state index is -0.0916. The van der Waals surface area contributed by atoms with Gasteiger partial charge in [-0.3, -0.25) is 4.79 Å². The van der Waals surface area contributed by atoms with E-state index in [1.54, 1.807) is 23.9 Å². The molecule has 1 rings (SSSR count). The Hall–Kier alpha value is -1.16. The lowest BCUT2D eigenvalue weighted by atomic mass is 10.1. The van der Waals surface area contributed by atoms with Gasteiger partial charge in [0.15, 0.2) is 0 Å². The lowest BCUT2D eigenvalue weighted by Crippen LogP contribution is -2.29. The number of rotatable bonds is 5. The van der Waals surface area contributed by atoms with Crippen molar-refractivity contribution in [3.05, 3.63) is 29.8 Å². The van der Waals surface area contributed by atoms with E-state index in [0.29, 0.717) is 23.7 Å². The maximum Gasteiger partial charge on any atom is 0.253 e. The third kappa shape index (κ3) is 3.77. The molecule has 1 unspecified atom stereocenters. The van der Waals surface area contributed by atoms with Gasteiger partial charge in [-0.05, 0) is 30.1 Å². The molecule has 0 fully saturated rings. The van der Waals surface area contributed by atoms with Crippen molar-refractivity contribution >= 4 is 23.4 Å². The topological polar surface area (TPSA) is 55.1 Å². The minimum absolute atomic E-state index is 0.0916. The number of hydrogen-bond donors (Lipinski definition) is 2. The van der Waals surface area contributed by atoms with E-state index in [1.165, 1.54) is 0 Å². The van der Waals surface area contributed by atoms with Gasteiger partial charge in [0.05, 0.1) is 5.56 Å². The van der Waals surface area contributed by atoms with Crippen LogP contribution in [0.3, 0.4) is 0 Å². The molecular weight excluding hydrogens is 220 g/mol. The Bertz CT molecular complexity index is 355. The largest absolute Gasteiger partial charge is 0.398 e. The van der Waals surface area contributed by atoms with Crippen molar-refractivity contribution in [2.24, 2.45) is 5.92 Å². The van der Waals surface area contributed by atoms with Gasteiger partial charge in [0.2, 0.25) is 0 Å². The Balaban J connectivity index is 2.50. The summed E-state index contributed by atoms with van der Waals surface area (Å²) < 4.78 is 0. The molecule has 1 atom stereocenters. The number of para-hydroxylation sites is 1. The summed E-state index contributed by atoms with van der Waals surface area (Å²) in [6, 6.07) is 7.11. The molecule has 0 aliphatic heterocycles. The third-order valence-electron chi connectivity index (χ3n) is 2.27. The van der Waals surface area contributed by atoms with Gasteiger partial charge in [0.25, 0.3) is 5.91 Å². The van der Waals surface area contributed by atoms with Crippen LogP contribution >= 0.6 is 11.8 Å². The Morgan fingerprint density at radius 1 is 1.50 bits per heavy atom. The van der Waals surface area contributed by atoms with Gasteiger partial charge in [-0.2, -0.15) is 11.8 Å². The van der Waals surface area contributed by atoms with E-state index in [4.69, 9.17) is 5.73 Å². The number of nitrogens with two attached hydrogens (primary N) is 1.